The van der Waals surface area contributed by atoms with Gasteiger partial charge in [0.15, 0.2) is 5.76 Å². The number of carbonyl (C=O) groups excluding carboxylic acids is 1. The van der Waals surface area contributed by atoms with Crippen molar-refractivity contribution >= 4 is 41.1 Å². The van der Waals surface area contributed by atoms with E-state index >= 15 is 0 Å². The molecule has 10 heteroatoms. The molecule has 2 aromatic heterocycles. The molecule has 1 aliphatic rings. The quantitative estimate of drug-likeness (QED) is 0.507. The van der Waals surface area contributed by atoms with Crippen molar-refractivity contribution in [3.05, 3.63) is 48.1 Å². The fraction of sp³-hybridized carbons (Fsp3) is 0.348. The van der Waals surface area contributed by atoms with Gasteiger partial charge >= 0.3 is 0 Å². The highest BCUT2D eigenvalue weighted by Crippen LogP contribution is 2.32. The number of oxazole rings is 1. The number of benzene rings is 1. The van der Waals surface area contributed by atoms with Crippen LogP contribution in [0.1, 0.15) is 42.8 Å². The lowest BCUT2D eigenvalue weighted by atomic mass is 9.97. The minimum absolute atomic E-state index is 0.0413. The summed E-state index contributed by atoms with van der Waals surface area (Å²) in [5.41, 5.74) is 1.17. The van der Waals surface area contributed by atoms with E-state index in [0.29, 0.717) is 61.1 Å². The average Bonchev–Trinajstić information content (AvgIpc) is 3.46. The lowest BCUT2D eigenvalue weighted by molar-refractivity contribution is 0.0745. The molecule has 0 N–H and O–H groups in total. The van der Waals surface area contributed by atoms with Gasteiger partial charge in [0.2, 0.25) is 17.5 Å². The number of rotatable bonds is 5. The Hall–Kier alpha value is -3.46. The van der Waals surface area contributed by atoms with E-state index in [2.05, 4.69) is 33.4 Å². The van der Waals surface area contributed by atoms with Gasteiger partial charge in [-0.3, -0.25) is 4.79 Å². The summed E-state index contributed by atoms with van der Waals surface area (Å²) in [5.74, 6) is 1.64. The zero-order valence-electron chi connectivity index (χ0n) is 18.8. The summed E-state index contributed by atoms with van der Waals surface area (Å²) in [6.45, 7) is 15.3. The minimum atomic E-state index is -0.224. The van der Waals surface area contributed by atoms with Gasteiger partial charge in [0, 0.05) is 42.7 Å². The first-order valence-corrected chi connectivity index (χ1v) is 10.9. The molecule has 33 heavy (non-hydrogen) atoms. The van der Waals surface area contributed by atoms with E-state index < -0.39 is 0 Å². The molecule has 4 rings (SSSR count). The van der Waals surface area contributed by atoms with Gasteiger partial charge in [-0.2, -0.15) is 9.97 Å². The van der Waals surface area contributed by atoms with Crippen LogP contribution in [0.4, 0.5) is 11.8 Å². The molecular formula is C23H25ClN6O3. The second kappa shape index (κ2) is 8.82. The first-order valence-electron chi connectivity index (χ1n) is 10.5. The smallest absolute Gasteiger partial charge is 0.300 e. The van der Waals surface area contributed by atoms with Gasteiger partial charge in [-0.15, -0.1) is 0 Å². The average molecular weight is 469 g/mol. The standard InChI is InChI=1S/C23H25ClN6O3/c1-14(24)17-19(25-5)27-22(32-17)30-12-10-29(11-13-30)20(31)16-8-6-15(7-9-16)18-26-21(33-28-18)23(2,3)4/h6-9H,1,5,10-13H2,2-4H3. The Kier molecular flexibility index (Phi) is 6.07. The van der Waals surface area contributed by atoms with Gasteiger partial charge in [0.25, 0.3) is 11.9 Å². The number of amides is 1. The number of hydrogen-bond donors (Lipinski definition) is 0. The number of anilines is 1. The maximum absolute atomic E-state index is 13.0. The predicted octanol–water partition coefficient (Wildman–Crippen LogP) is 4.53. The third-order valence-electron chi connectivity index (χ3n) is 5.29. The van der Waals surface area contributed by atoms with Crippen LogP contribution in [0.15, 0.2) is 44.8 Å². The Morgan fingerprint density at radius 3 is 2.30 bits per heavy atom. The van der Waals surface area contributed by atoms with Crippen LogP contribution in [-0.4, -0.2) is 58.8 Å². The highest BCUT2D eigenvalue weighted by Gasteiger charge is 2.27. The van der Waals surface area contributed by atoms with Crippen molar-refractivity contribution in [3.8, 4) is 11.4 Å². The summed E-state index contributed by atoms with van der Waals surface area (Å²) in [5, 5.41) is 4.27. The molecule has 0 bridgehead atoms. The Morgan fingerprint density at radius 2 is 1.79 bits per heavy atom. The van der Waals surface area contributed by atoms with E-state index in [1.165, 1.54) is 0 Å². The van der Waals surface area contributed by atoms with Crippen molar-refractivity contribution in [1.82, 2.24) is 20.0 Å². The Labute approximate surface area is 196 Å². The molecule has 3 heterocycles. The third-order valence-corrected chi connectivity index (χ3v) is 5.46. The van der Waals surface area contributed by atoms with Crippen LogP contribution in [0.5, 0.6) is 0 Å². The monoisotopic (exact) mass is 468 g/mol. The molecule has 172 valence electrons. The maximum atomic E-state index is 13.0. The molecule has 0 radical (unpaired) electrons. The molecule has 1 saturated heterocycles. The van der Waals surface area contributed by atoms with E-state index in [9.17, 15) is 4.79 Å². The zero-order chi connectivity index (χ0) is 23.8. The summed E-state index contributed by atoms with van der Waals surface area (Å²) in [6.07, 6.45) is 0. The second-order valence-electron chi connectivity index (χ2n) is 8.74. The van der Waals surface area contributed by atoms with Gasteiger partial charge in [-0.25, -0.2) is 4.99 Å². The number of piperazine rings is 1. The van der Waals surface area contributed by atoms with Crippen molar-refractivity contribution in [2.75, 3.05) is 31.1 Å². The Morgan fingerprint density at radius 1 is 1.12 bits per heavy atom. The summed E-state index contributed by atoms with van der Waals surface area (Å²) in [6, 6.07) is 7.62. The molecular weight excluding hydrogens is 444 g/mol. The lowest BCUT2D eigenvalue weighted by Gasteiger charge is -2.33. The molecule has 0 saturated carbocycles. The van der Waals surface area contributed by atoms with Gasteiger partial charge in [-0.05, 0) is 18.9 Å². The highest BCUT2D eigenvalue weighted by molar-refractivity contribution is 6.48. The topological polar surface area (TPSA) is 101 Å². The summed E-state index contributed by atoms with van der Waals surface area (Å²) >= 11 is 5.94. The molecule has 1 fully saturated rings. The zero-order valence-corrected chi connectivity index (χ0v) is 19.6. The van der Waals surface area contributed by atoms with Crippen molar-refractivity contribution < 1.29 is 13.7 Å². The van der Waals surface area contributed by atoms with Crippen LogP contribution < -0.4 is 4.90 Å². The van der Waals surface area contributed by atoms with E-state index in [1.807, 2.05) is 37.8 Å². The normalized spacial score (nSPS) is 14.4. The molecule has 3 aromatic rings. The Balaban J connectivity index is 1.40. The van der Waals surface area contributed by atoms with Crippen LogP contribution in [0.3, 0.4) is 0 Å². The minimum Gasteiger partial charge on any atom is -0.420 e. The predicted molar refractivity (Wildman–Crippen MR) is 127 cm³/mol. The van der Waals surface area contributed by atoms with Crippen LogP contribution in [0.2, 0.25) is 0 Å². The highest BCUT2D eigenvalue weighted by atomic mass is 35.5. The number of hydrogen-bond acceptors (Lipinski definition) is 8. The van der Waals surface area contributed by atoms with Crippen LogP contribution in [-0.2, 0) is 5.41 Å². The van der Waals surface area contributed by atoms with Crippen molar-refractivity contribution in [2.24, 2.45) is 4.99 Å². The molecule has 0 unspecified atom stereocenters. The molecule has 0 aliphatic carbocycles. The van der Waals surface area contributed by atoms with Crippen molar-refractivity contribution in [3.63, 3.8) is 0 Å². The summed E-state index contributed by atoms with van der Waals surface area (Å²) in [4.78, 5) is 29.3. The van der Waals surface area contributed by atoms with E-state index in [1.54, 1.807) is 17.0 Å². The van der Waals surface area contributed by atoms with E-state index in [4.69, 9.17) is 20.5 Å². The lowest BCUT2D eigenvalue weighted by Crippen LogP contribution is -2.48. The van der Waals surface area contributed by atoms with Gasteiger partial charge in [0.05, 0.1) is 5.03 Å². The third kappa shape index (κ3) is 4.68. The summed E-state index contributed by atoms with van der Waals surface area (Å²) < 4.78 is 11.0. The van der Waals surface area contributed by atoms with Gasteiger partial charge in [0.1, 0.15) is 0 Å². The second-order valence-corrected chi connectivity index (χ2v) is 9.20. The summed E-state index contributed by atoms with van der Waals surface area (Å²) in [7, 11) is 0. The largest absolute Gasteiger partial charge is 0.420 e. The van der Waals surface area contributed by atoms with Crippen molar-refractivity contribution in [1.29, 1.82) is 0 Å². The van der Waals surface area contributed by atoms with Crippen molar-refractivity contribution in [2.45, 2.75) is 26.2 Å². The van der Waals surface area contributed by atoms with E-state index in [-0.39, 0.29) is 16.4 Å². The SMILES string of the molecule is C=Nc1nc(N2CCN(C(=O)c3ccc(-c4noc(C(C)(C)C)n4)cc3)CC2)oc1C(=C)Cl. The number of halogens is 1. The Bertz CT molecular complexity index is 1180. The molecule has 9 nitrogen and oxygen atoms in total. The fourth-order valence-corrected chi connectivity index (χ4v) is 3.53. The first kappa shape index (κ1) is 22.7. The molecule has 1 aliphatic heterocycles. The van der Waals surface area contributed by atoms with E-state index in [0.717, 1.165) is 5.56 Å². The number of nitrogens with zero attached hydrogens (tertiary/aromatic N) is 6. The first-order chi connectivity index (χ1) is 15.7. The van der Waals surface area contributed by atoms with Crippen LogP contribution in [0, 0.1) is 0 Å². The molecule has 1 aromatic carbocycles. The molecule has 0 spiro atoms. The fourth-order valence-electron chi connectivity index (χ4n) is 3.41. The number of aromatic nitrogens is 3. The maximum Gasteiger partial charge on any atom is 0.300 e. The van der Waals surface area contributed by atoms with Crippen LogP contribution >= 0.6 is 11.6 Å². The number of carbonyl (C=O) groups is 1. The van der Waals surface area contributed by atoms with Gasteiger partial charge < -0.3 is 18.7 Å². The molecule has 1 amide bonds. The molecule has 0 atom stereocenters. The van der Waals surface area contributed by atoms with Gasteiger partial charge in [-0.1, -0.05) is 56.2 Å². The van der Waals surface area contributed by atoms with Crippen LogP contribution in [0.25, 0.3) is 16.4 Å². The number of aliphatic imine (C=N–C) groups is 1.